The lowest BCUT2D eigenvalue weighted by molar-refractivity contribution is 0.315. The van der Waals surface area contributed by atoms with Crippen molar-refractivity contribution in [1.29, 1.82) is 0 Å². The Hall–Kier alpha value is -5.54. The number of fused-ring (bicyclic) bond motifs is 9. The number of para-hydroxylation sites is 3. The second-order valence-corrected chi connectivity index (χ2v) is 17.1. The molecule has 3 heterocycles. The number of nitrogens with zero attached hydrogens (tertiary/aromatic N) is 3. The van der Waals surface area contributed by atoms with Gasteiger partial charge in [-0.1, -0.05) is 114 Å². The number of aromatic nitrogens is 2. The highest BCUT2D eigenvalue weighted by Gasteiger charge is 2.37. The van der Waals surface area contributed by atoms with Gasteiger partial charge in [0, 0.05) is 50.2 Å². The Balaban J connectivity index is 1.12. The molecule has 274 valence electrons. The third kappa shape index (κ3) is 5.54. The zero-order valence-corrected chi connectivity index (χ0v) is 32.8. The van der Waals surface area contributed by atoms with Crippen LogP contribution in [0.25, 0.3) is 55.7 Å². The monoisotopic (exact) mass is 717 g/mol. The van der Waals surface area contributed by atoms with Crippen LogP contribution < -0.4 is 4.90 Å². The Morgan fingerprint density at radius 2 is 1.31 bits per heavy atom. The van der Waals surface area contributed by atoms with Gasteiger partial charge in [0.15, 0.2) is 0 Å². The summed E-state index contributed by atoms with van der Waals surface area (Å²) in [6.07, 6.45) is 14.1. The standard InChI is InChI=1S/C52H51N3/c1-33(2)29-37(34(3)4)30-36-21-23-38(24-22-36)53-49-27-25-39(54-46-17-9-6-14-41(46)42-15-7-10-18-47(42)54)31-44(49)45-32-40(26-28-50(45)53)55-48-19-11-8-16-43(48)52-35(5)13-12-20-51(52)55/h6-12,14-26,28,31-35,37,49H,13,27,29-30H2,1-5H3. The number of hydrogen-bond donors (Lipinski definition) is 0. The Kier molecular flexibility index (Phi) is 8.24. The average molecular weight is 718 g/mol. The first-order chi connectivity index (χ1) is 26.9. The van der Waals surface area contributed by atoms with E-state index in [2.05, 4.69) is 188 Å². The Labute approximate surface area is 325 Å². The summed E-state index contributed by atoms with van der Waals surface area (Å²) in [5.41, 5.74) is 15.8. The molecule has 0 radical (unpaired) electrons. The molecule has 10 rings (SSSR count). The molecular formula is C52H51N3. The maximum atomic E-state index is 2.62. The van der Waals surface area contributed by atoms with Crippen LogP contribution in [0.15, 0.2) is 133 Å². The molecule has 2 aliphatic carbocycles. The first-order valence-electron chi connectivity index (χ1n) is 20.6. The van der Waals surface area contributed by atoms with E-state index in [1.54, 1.807) is 0 Å². The van der Waals surface area contributed by atoms with Crippen molar-refractivity contribution in [2.45, 2.75) is 72.3 Å². The van der Waals surface area contributed by atoms with Gasteiger partial charge in [-0.15, -0.1) is 0 Å². The van der Waals surface area contributed by atoms with E-state index < -0.39 is 0 Å². The van der Waals surface area contributed by atoms with Gasteiger partial charge in [-0.25, -0.2) is 0 Å². The maximum absolute atomic E-state index is 2.62. The molecule has 3 unspecified atom stereocenters. The van der Waals surface area contributed by atoms with E-state index in [0.717, 1.165) is 19.3 Å². The third-order valence-corrected chi connectivity index (χ3v) is 12.8. The second-order valence-electron chi connectivity index (χ2n) is 17.1. The summed E-state index contributed by atoms with van der Waals surface area (Å²) >= 11 is 0. The summed E-state index contributed by atoms with van der Waals surface area (Å²) in [6.45, 7) is 11.9. The molecule has 55 heavy (non-hydrogen) atoms. The Bertz CT molecular complexity index is 2640. The van der Waals surface area contributed by atoms with Crippen LogP contribution in [0.5, 0.6) is 0 Å². The van der Waals surface area contributed by atoms with Crippen molar-refractivity contribution in [2.24, 2.45) is 17.8 Å². The van der Waals surface area contributed by atoms with Gasteiger partial charge in [-0.05, 0) is 127 Å². The van der Waals surface area contributed by atoms with Gasteiger partial charge in [0.1, 0.15) is 0 Å². The first kappa shape index (κ1) is 34.0. The minimum Gasteiger partial charge on any atom is -0.333 e. The van der Waals surface area contributed by atoms with Gasteiger partial charge >= 0.3 is 0 Å². The molecule has 3 nitrogen and oxygen atoms in total. The van der Waals surface area contributed by atoms with Crippen LogP contribution in [0.4, 0.5) is 11.4 Å². The summed E-state index contributed by atoms with van der Waals surface area (Å²) in [5, 5.41) is 3.97. The van der Waals surface area contributed by atoms with Crippen molar-refractivity contribution >= 4 is 61.4 Å². The molecule has 3 atom stereocenters. The van der Waals surface area contributed by atoms with E-state index >= 15 is 0 Å². The number of hydrogen-bond acceptors (Lipinski definition) is 1. The third-order valence-electron chi connectivity index (χ3n) is 12.8. The fourth-order valence-corrected chi connectivity index (χ4v) is 10.2. The van der Waals surface area contributed by atoms with Crippen molar-refractivity contribution in [3.63, 3.8) is 0 Å². The molecule has 3 aliphatic rings. The molecule has 3 heteroatoms. The Morgan fingerprint density at radius 3 is 1.98 bits per heavy atom. The molecule has 7 aromatic rings. The van der Waals surface area contributed by atoms with E-state index in [4.69, 9.17) is 0 Å². The lowest BCUT2D eigenvalue weighted by atomic mass is 9.83. The maximum Gasteiger partial charge on any atom is 0.0634 e. The molecule has 0 spiro atoms. The van der Waals surface area contributed by atoms with Crippen LogP contribution in [-0.4, -0.2) is 15.2 Å². The highest BCUT2D eigenvalue weighted by Crippen LogP contribution is 2.50. The smallest absolute Gasteiger partial charge is 0.0634 e. The van der Waals surface area contributed by atoms with Crippen molar-refractivity contribution < 1.29 is 0 Å². The molecule has 0 bridgehead atoms. The van der Waals surface area contributed by atoms with Crippen molar-refractivity contribution in [3.05, 3.63) is 156 Å². The fraction of sp³-hybridized carbons (Fsp3) is 0.269. The van der Waals surface area contributed by atoms with Crippen LogP contribution in [-0.2, 0) is 6.42 Å². The quantitative estimate of drug-likeness (QED) is 0.153. The van der Waals surface area contributed by atoms with E-state index in [9.17, 15) is 0 Å². The Morgan fingerprint density at radius 1 is 0.673 bits per heavy atom. The first-order valence-corrected chi connectivity index (χ1v) is 20.6. The zero-order chi connectivity index (χ0) is 37.4. The number of anilines is 2. The highest BCUT2D eigenvalue weighted by molar-refractivity contribution is 6.11. The summed E-state index contributed by atoms with van der Waals surface area (Å²) in [5.74, 6) is 2.57. The fourth-order valence-electron chi connectivity index (χ4n) is 10.2. The van der Waals surface area contributed by atoms with Gasteiger partial charge in [0.2, 0.25) is 0 Å². The lowest BCUT2D eigenvalue weighted by Crippen LogP contribution is -2.27. The van der Waals surface area contributed by atoms with Crippen molar-refractivity contribution in [1.82, 2.24) is 9.13 Å². The second kappa shape index (κ2) is 13.3. The number of benzene rings is 5. The number of allylic oxidation sites excluding steroid dienone is 3. The van der Waals surface area contributed by atoms with Crippen LogP contribution in [0.1, 0.15) is 82.2 Å². The zero-order valence-electron chi connectivity index (χ0n) is 32.8. The predicted octanol–water partition coefficient (Wildman–Crippen LogP) is 14.0. The summed E-state index contributed by atoms with van der Waals surface area (Å²) in [4.78, 5) is 2.62. The van der Waals surface area contributed by atoms with Crippen LogP contribution >= 0.6 is 0 Å². The van der Waals surface area contributed by atoms with Crippen molar-refractivity contribution in [3.8, 4) is 5.69 Å². The molecule has 0 saturated heterocycles. The average Bonchev–Trinajstić information content (AvgIpc) is 3.83. The van der Waals surface area contributed by atoms with Crippen LogP contribution in [0.2, 0.25) is 0 Å². The molecule has 0 saturated carbocycles. The molecule has 5 aromatic carbocycles. The highest BCUT2D eigenvalue weighted by atomic mass is 15.2. The molecule has 2 aromatic heterocycles. The van der Waals surface area contributed by atoms with E-state index in [0.29, 0.717) is 23.7 Å². The van der Waals surface area contributed by atoms with E-state index in [1.807, 2.05) is 0 Å². The van der Waals surface area contributed by atoms with E-state index in [1.165, 1.54) is 89.8 Å². The minimum atomic E-state index is 0.215. The summed E-state index contributed by atoms with van der Waals surface area (Å²) in [6, 6.07) is 43.7. The predicted molar refractivity (Wildman–Crippen MR) is 236 cm³/mol. The lowest BCUT2D eigenvalue weighted by Gasteiger charge is -2.30. The summed E-state index contributed by atoms with van der Waals surface area (Å²) in [7, 11) is 0. The SMILES string of the molecule is CC(C)CC(Cc1ccc(N2c3ccc(-n4c5c(c6ccccc64)C(C)CC=C5)cc3C3=CC(n4c5ccccc5c5ccccc54)=CCC32)cc1)C(C)C. The largest absolute Gasteiger partial charge is 0.333 e. The van der Waals surface area contributed by atoms with Crippen LogP contribution in [0.3, 0.4) is 0 Å². The van der Waals surface area contributed by atoms with E-state index in [-0.39, 0.29) is 6.04 Å². The minimum absolute atomic E-state index is 0.215. The summed E-state index contributed by atoms with van der Waals surface area (Å²) < 4.78 is 5.00. The van der Waals surface area contributed by atoms with Gasteiger partial charge in [-0.2, -0.15) is 0 Å². The van der Waals surface area contributed by atoms with Gasteiger partial charge in [0.25, 0.3) is 0 Å². The van der Waals surface area contributed by atoms with Gasteiger partial charge in [0.05, 0.1) is 22.6 Å². The molecule has 0 N–H and O–H groups in total. The molecule has 1 aliphatic heterocycles. The topological polar surface area (TPSA) is 13.1 Å². The van der Waals surface area contributed by atoms with Crippen molar-refractivity contribution in [2.75, 3.05) is 4.90 Å². The normalized spacial score (nSPS) is 18.3. The molecule has 0 fully saturated rings. The molecular weight excluding hydrogens is 667 g/mol. The van der Waals surface area contributed by atoms with Gasteiger partial charge in [-0.3, -0.25) is 0 Å². The molecule has 0 amide bonds. The van der Waals surface area contributed by atoms with Crippen LogP contribution in [0, 0.1) is 17.8 Å². The van der Waals surface area contributed by atoms with Gasteiger partial charge < -0.3 is 14.0 Å². The number of rotatable bonds is 8.